The topological polar surface area (TPSA) is 65.2 Å². The number of ether oxygens (including phenoxy) is 1. The zero-order valence-electron chi connectivity index (χ0n) is 10.4. The molecule has 0 saturated heterocycles. The summed E-state index contributed by atoms with van der Waals surface area (Å²) in [5.74, 6) is -0.349. The number of carbonyl (C=O) groups excluding carboxylic acids is 1. The number of nitrogens with zero attached hydrogens (tertiary/aromatic N) is 1. The summed E-state index contributed by atoms with van der Waals surface area (Å²) >= 11 is 4.64. The van der Waals surface area contributed by atoms with E-state index in [-0.39, 0.29) is 12.6 Å². The minimum absolute atomic E-state index is 0.251. The highest BCUT2D eigenvalue weighted by Gasteiger charge is 2.16. The molecule has 0 amide bonds. The van der Waals surface area contributed by atoms with Gasteiger partial charge in [-0.25, -0.2) is 9.78 Å². The van der Waals surface area contributed by atoms with Gasteiger partial charge < -0.3 is 10.5 Å². The zero-order chi connectivity index (χ0) is 13.8. The molecule has 0 aliphatic carbocycles. The average molecular weight is 341 g/mol. The molecule has 0 saturated carbocycles. The van der Waals surface area contributed by atoms with Gasteiger partial charge in [0.15, 0.2) is 0 Å². The number of esters is 1. The van der Waals surface area contributed by atoms with Crippen molar-refractivity contribution >= 4 is 33.2 Å². The Bertz CT molecular complexity index is 581. The molecule has 1 heterocycles. The molecule has 0 unspecified atom stereocenters. The van der Waals surface area contributed by atoms with Gasteiger partial charge in [-0.2, -0.15) is 0 Å². The highest BCUT2D eigenvalue weighted by atomic mass is 79.9. The van der Waals surface area contributed by atoms with E-state index >= 15 is 0 Å². The summed E-state index contributed by atoms with van der Waals surface area (Å²) in [6, 6.07) is 7.63. The molecule has 0 aliphatic rings. The minimum atomic E-state index is -0.349. The van der Waals surface area contributed by atoms with Gasteiger partial charge in [0, 0.05) is 11.0 Å². The summed E-state index contributed by atoms with van der Waals surface area (Å²) in [4.78, 5) is 16.7. The molecule has 0 radical (unpaired) electrons. The second-order valence-electron chi connectivity index (χ2n) is 3.93. The summed E-state index contributed by atoms with van der Waals surface area (Å²) in [6.07, 6.45) is 0. The molecule has 2 rings (SSSR count). The van der Waals surface area contributed by atoms with Gasteiger partial charge in [0.25, 0.3) is 0 Å². The lowest BCUT2D eigenvalue weighted by Gasteiger charge is -2.04. The molecule has 0 spiro atoms. The third-order valence-corrected chi connectivity index (χ3v) is 4.17. The first kappa shape index (κ1) is 14.2. The lowest BCUT2D eigenvalue weighted by atomic mass is 10.2. The molecule has 2 aromatic rings. The zero-order valence-corrected chi connectivity index (χ0v) is 12.8. The van der Waals surface area contributed by atoms with Crippen LogP contribution in [-0.4, -0.2) is 11.0 Å². The number of benzene rings is 1. The van der Waals surface area contributed by atoms with Gasteiger partial charge in [0.2, 0.25) is 0 Å². The van der Waals surface area contributed by atoms with Crippen molar-refractivity contribution in [1.82, 2.24) is 4.98 Å². The lowest BCUT2D eigenvalue weighted by molar-refractivity contribution is 0.0477. The highest BCUT2D eigenvalue weighted by molar-refractivity contribution is 9.10. The molecule has 1 aromatic carbocycles. The summed E-state index contributed by atoms with van der Waals surface area (Å²) in [6.45, 7) is 2.37. The number of carbonyl (C=O) groups is 1. The molecule has 4 nitrogen and oxygen atoms in total. The van der Waals surface area contributed by atoms with Gasteiger partial charge in [-0.3, -0.25) is 0 Å². The number of hydrogen-bond donors (Lipinski definition) is 1. The third-order valence-electron chi connectivity index (χ3n) is 2.48. The van der Waals surface area contributed by atoms with Gasteiger partial charge >= 0.3 is 5.97 Å². The summed E-state index contributed by atoms with van der Waals surface area (Å²) in [5, 5.41) is 0.744. The molecule has 0 aliphatic heterocycles. The first-order valence-corrected chi connectivity index (χ1v) is 7.29. The number of hydrogen-bond acceptors (Lipinski definition) is 5. The normalized spacial score (nSPS) is 10.5. The van der Waals surface area contributed by atoms with Crippen molar-refractivity contribution in [2.75, 3.05) is 0 Å². The summed E-state index contributed by atoms with van der Waals surface area (Å²) in [7, 11) is 0. The summed E-state index contributed by atoms with van der Waals surface area (Å²) in [5.41, 5.74) is 7.12. The van der Waals surface area contributed by atoms with E-state index in [0.29, 0.717) is 17.1 Å². The molecule has 0 atom stereocenters. The van der Waals surface area contributed by atoms with Crippen molar-refractivity contribution in [3.63, 3.8) is 0 Å². The monoisotopic (exact) mass is 340 g/mol. The van der Waals surface area contributed by atoms with E-state index < -0.39 is 0 Å². The van der Waals surface area contributed by atoms with E-state index in [2.05, 4.69) is 20.9 Å². The van der Waals surface area contributed by atoms with Crippen molar-refractivity contribution < 1.29 is 9.53 Å². The Kier molecular flexibility index (Phi) is 4.68. The quantitative estimate of drug-likeness (QED) is 0.868. The van der Waals surface area contributed by atoms with E-state index in [1.165, 1.54) is 11.3 Å². The molecule has 100 valence electrons. The van der Waals surface area contributed by atoms with Crippen LogP contribution in [0.2, 0.25) is 0 Å². The Morgan fingerprint density at radius 3 is 2.68 bits per heavy atom. The van der Waals surface area contributed by atoms with E-state index in [9.17, 15) is 4.79 Å². The second kappa shape index (κ2) is 6.27. The smallest absolute Gasteiger partial charge is 0.350 e. The Morgan fingerprint density at radius 1 is 1.42 bits per heavy atom. The van der Waals surface area contributed by atoms with E-state index in [4.69, 9.17) is 10.5 Å². The highest BCUT2D eigenvalue weighted by Crippen LogP contribution is 2.19. The van der Waals surface area contributed by atoms with E-state index in [1.54, 1.807) is 6.92 Å². The Morgan fingerprint density at radius 2 is 2.11 bits per heavy atom. The van der Waals surface area contributed by atoms with Crippen LogP contribution >= 0.6 is 27.3 Å². The predicted octanol–water partition coefficient (Wildman–Crippen LogP) is 3.03. The third kappa shape index (κ3) is 3.62. The SMILES string of the molecule is Cc1nc(CN)sc1C(=O)OCc1ccc(Br)cc1. The van der Waals surface area contributed by atoms with Crippen LogP contribution in [0.5, 0.6) is 0 Å². The van der Waals surface area contributed by atoms with Crippen molar-refractivity contribution in [2.45, 2.75) is 20.1 Å². The number of thiazole rings is 1. The van der Waals surface area contributed by atoms with Gasteiger partial charge in [-0.1, -0.05) is 28.1 Å². The minimum Gasteiger partial charge on any atom is -0.457 e. The number of aromatic nitrogens is 1. The van der Waals surface area contributed by atoms with Crippen LogP contribution < -0.4 is 5.73 Å². The predicted molar refractivity (Wildman–Crippen MR) is 78.0 cm³/mol. The number of nitrogens with two attached hydrogens (primary N) is 1. The fraction of sp³-hybridized carbons (Fsp3) is 0.231. The van der Waals surface area contributed by atoms with Gasteiger partial charge in [-0.15, -0.1) is 11.3 Å². The standard InChI is InChI=1S/C13H13BrN2O2S/c1-8-12(19-11(6-15)16-8)13(17)18-7-9-2-4-10(14)5-3-9/h2-5H,6-7,15H2,1H3. The number of halogens is 1. The lowest BCUT2D eigenvalue weighted by Crippen LogP contribution is -2.04. The largest absolute Gasteiger partial charge is 0.457 e. The maximum Gasteiger partial charge on any atom is 0.350 e. The van der Waals surface area contributed by atoms with E-state index in [0.717, 1.165) is 15.0 Å². The van der Waals surface area contributed by atoms with Crippen LogP contribution in [0.3, 0.4) is 0 Å². The fourth-order valence-corrected chi connectivity index (χ4v) is 2.63. The van der Waals surface area contributed by atoms with Gasteiger partial charge in [0.1, 0.15) is 16.5 Å². The Balaban J connectivity index is 2.01. The average Bonchev–Trinajstić information content (AvgIpc) is 2.79. The van der Waals surface area contributed by atoms with Crippen molar-refractivity contribution in [2.24, 2.45) is 5.73 Å². The maximum atomic E-state index is 11.9. The Labute approximate surface area is 123 Å². The van der Waals surface area contributed by atoms with Crippen LogP contribution in [0, 0.1) is 6.92 Å². The molecule has 1 aromatic heterocycles. The molecular weight excluding hydrogens is 328 g/mol. The van der Waals surface area contributed by atoms with Crippen LogP contribution in [0.1, 0.15) is 25.9 Å². The van der Waals surface area contributed by atoms with E-state index in [1.807, 2.05) is 24.3 Å². The van der Waals surface area contributed by atoms with Gasteiger partial charge in [0.05, 0.1) is 5.69 Å². The Hall–Kier alpha value is -1.24. The van der Waals surface area contributed by atoms with Gasteiger partial charge in [-0.05, 0) is 24.6 Å². The van der Waals surface area contributed by atoms with Crippen LogP contribution in [0.4, 0.5) is 0 Å². The molecule has 2 N–H and O–H groups in total. The molecule has 6 heteroatoms. The van der Waals surface area contributed by atoms with Crippen LogP contribution in [0.25, 0.3) is 0 Å². The van der Waals surface area contributed by atoms with Crippen LogP contribution in [0.15, 0.2) is 28.7 Å². The number of aryl methyl sites for hydroxylation is 1. The first-order valence-electron chi connectivity index (χ1n) is 5.68. The maximum absolute atomic E-state index is 11.9. The first-order chi connectivity index (χ1) is 9.10. The molecule has 0 bridgehead atoms. The number of rotatable bonds is 4. The van der Waals surface area contributed by atoms with Crippen molar-refractivity contribution in [3.8, 4) is 0 Å². The van der Waals surface area contributed by atoms with Crippen molar-refractivity contribution in [1.29, 1.82) is 0 Å². The fourth-order valence-electron chi connectivity index (χ4n) is 1.52. The molecule has 0 fully saturated rings. The summed E-state index contributed by atoms with van der Waals surface area (Å²) < 4.78 is 6.26. The second-order valence-corrected chi connectivity index (χ2v) is 5.93. The molecular formula is C13H13BrN2O2S. The molecule has 19 heavy (non-hydrogen) atoms. The van der Waals surface area contributed by atoms with Crippen molar-refractivity contribution in [3.05, 3.63) is 49.9 Å². The van der Waals surface area contributed by atoms with Crippen LogP contribution in [-0.2, 0) is 17.9 Å².